The number of unbranched alkanes of at least 4 members (excludes halogenated alkanes) is 28. The van der Waals surface area contributed by atoms with Crippen LogP contribution in [0.25, 0.3) is 0 Å². The molecule has 0 aliphatic rings. The third-order valence-electron chi connectivity index (χ3n) is 7.91. The molecule has 0 aromatic heterocycles. The van der Waals surface area contributed by atoms with Gasteiger partial charge >= 0.3 is 0 Å². The van der Waals surface area contributed by atoms with Crippen LogP contribution < -0.4 is 5.32 Å². The fourth-order valence-corrected chi connectivity index (χ4v) is 5.37. The Labute approximate surface area is 224 Å². The summed E-state index contributed by atoms with van der Waals surface area (Å²) in [6.45, 7) is 7.10. The number of nitrogens with one attached hydrogen (secondary N) is 1. The molecule has 0 saturated heterocycles. The molecule has 0 unspecified atom stereocenters. The van der Waals surface area contributed by atoms with Gasteiger partial charge in [-0.15, -0.1) is 0 Å². The van der Waals surface area contributed by atoms with Crippen LogP contribution >= 0.6 is 0 Å². The Bertz CT molecular complexity index is 307. The van der Waals surface area contributed by atoms with Crippen LogP contribution in [0.1, 0.15) is 206 Å². The summed E-state index contributed by atoms with van der Waals surface area (Å²) in [5.41, 5.74) is 0. The van der Waals surface area contributed by atoms with Crippen molar-refractivity contribution in [1.29, 1.82) is 0 Å². The van der Waals surface area contributed by atoms with Crippen molar-refractivity contribution in [2.45, 2.75) is 206 Å². The Morgan fingerprint density at radius 2 is 0.400 bits per heavy atom. The number of hydrogen-bond acceptors (Lipinski definition) is 1. The largest absolute Gasteiger partial charge is 0.317 e. The molecule has 0 amide bonds. The maximum Gasteiger partial charge on any atom is -0.00489 e. The van der Waals surface area contributed by atoms with E-state index in [0.717, 1.165) is 0 Å². The zero-order chi connectivity index (χ0) is 25.3. The Morgan fingerprint density at radius 3 is 0.600 bits per heavy atom. The first-order valence-electron chi connectivity index (χ1n) is 17.1. The lowest BCUT2D eigenvalue weighted by molar-refractivity contribution is 0.515. The smallest absolute Gasteiger partial charge is 0.00489 e. The van der Waals surface area contributed by atoms with Gasteiger partial charge in [-0.2, -0.15) is 0 Å². The quantitative estimate of drug-likeness (QED) is 0.0918. The number of rotatable bonds is 32. The molecule has 0 bridgehead atoms. The number of hydrogen-bond donors (Lipinski definition) is 1. The van der Waals surface area contributed by atoms with E-state index in [-0.39, 0.29) is 0 Å². The Balaban J connectivity index is 3.00. The molecule has 0 saturated carbocycles. The minimum absolute atomic E-state index is 1.25. The van der Waals surface area contributed by atoms with E-state index in [1.165, 1.54) is 206 Å². The van der Waals surface area contributed by atoms with Crippen LogP contribution in [0, 0.1) is 0 Å². The summed E-state index contributed by atoms with van der Waals surface area (Å²) in [5.74, 6) is 0. The molecular weight excluding hydrogens is 422 g/mol. The van der Waals surface area contributed by atoms with E-state index in [2.05, 4.69) is 19.2 Å². The summed E-state index contributed by atoms with van der Waals surface area (Å²) in [6.07, 6.45) is 43.7. The molecule has 35 heavy (non-hydrogen) atoms. The van der Waals surface area contributed by atoms with Crippen molar-refractivity contribution in [2.24, 2.45) is 0 Å². The predicted octanol–water partition coefficient (Wildman–Crippen LogP) is 12.3. The second kappa shape index (κ2) is 34.0. The minimum atomic E-state index is 1.25. The van der Waals surface area contributed by atoms with Crippen LogP contribution in [-0.2, 0) is 0 Å². The van der Waals surface area contributed by atoms with Gasteiger partial charge in [-0.25, -0.2) is 0 Å². The normalized spacial score (nSPS) is 11.5. The molecule has 0 aliphatic heterocycles. The van der Waals surface area contributed by atoms with Gasteiger partial charge in [-0.05, 0) is 25.9 Å². The van der Waals surface area contributed by atoms with Crippen LogP contribution in [0.15, 0.2) is 0 Å². The van der Waals surface area contributed by atoms with Crippen molar-refractivity contribution in [3.8, 4) is 0 Å². The molecule has 0 fully saturated rings. The van der Waals surface area contributed by atoms with Gasteiger partial charge in [-0.1, -0.05) is 194 Å². The van der Waals surface area contributed by atoms with Crippen molar-refractivity contribution >= 4 is 0 Å². The van der Waals surface area contributed by atoms with E-state index in [4.69, 9.17) is 0 Å². The van der Waals surface area contributed by atoms with Crippen LogP contribution in [0.4, 0.5) is 0 Å². The van der Waals surface area contributed by atoms with E-state index < -0.39 is 0 Å². The average molecular weight is 494 g/mol. The lowest BCUT2D eigenvalue weighted by Crippen LogP contribution is -2.16. The Hall–Kier alpha value is -0.0400. The SMILES string of the molecule is CCCCCCCCCCCCCCCCCCCCCCNCCCCCCCCCCCC. The first-order chi connectivity index (χ1) is 17.4. The van der Waals surface area contributed by atoms with Crippen LogP contribution in [-0.4, -0.2) is 13.1 Å². The molecule has 0 aromatic rings. The highest BCUT2D eigenvalue weighted by Gasteiger charge is 1.96. The van der Waals surface area contributed by atoms with Gasteiger partial charge in [0.25, 0.3) is 0 Å². The van der Waals surface area contributed by atoms with Gasteiger partial charge in [0.1, 0.15) is 0 Å². The maximum absolute atomic E-state index is 3.67. The molecule has 1 N–H and O–H groups in total. The van der Waals surface area contributed by atoms with E-state index >= 15 is 0 Å². The fourth-order valence-electron chi connectivity index (χ4n) is 5.37. The summed E-state index contributed by atoms with van der Waals surface area (Å²) in [5, 5.41) is 3.67. The summed E-state index contributed by atoms with van der Waals surface area (Å²) >= 11 is 0. The highest BCUT2D eigenvalue weighted by molar-refractivity contribution is 4.54. The van der Waals surface area contributed by atoms with Gasteiger partial charge in [0, 0.05) is 0 Å². The lowest BCUT2D eigenvalue weighted by Gasteiger charge is -2.06. The second-order valence-electron chi connectivity index (χ2n) is 11.6. The maximum atomic E-state index is 3.67. The molecule has 212 valence electrons. The van der Waals surface area contributed by atoms with Gasteiger partial charge in [0.15, 0.2) is 0 Å². The zero-order valence-electron chi connectivity index (χ0n) is 25.1. The molecule has 1 nitrogen and oxygen atoms in total. The molecule has 0 radical (unpaired) electrons. The molecule has 1 heteroatoms. The van der Waals surface area contributed by atoms with Crippen LogP contribution in [0.2, 0.25) is 0 Å². The summed E-state index contributed by atoms with van der Waals surface area (Å²) in [4.78, 5) is 0. The molecule has 0 atom stereocenters. The lowest BCUT2D eigenvalue weighted by atomic mass is 10.0. The molecule has 0 heterocycles. The van der Waals surface area contributed by atoms with Crippen molar-refractivity contribution in [3.05, 3.63) is 0 Å². The van der Waals surface area contributed by atoms with Gasteiger partial charge in [-0.3, -0.25) is 0 Å². The molecule has 0 rings (SSSR count). The first-order valence-corrected chi connectivity index (χ1v) is 17.1. The monoisotopic (exact) mass is 494 g/mol. The molecule has 0 spiro atoms. The minimum Gasteiger partial charge on any atom is -0.317 e. The molecule has 0 aromatic carbocycles. The summed E-state index contributed by atoms with van der Waals surface area (Å²) in [6, 6.07) is 0. The third-order valence-corrected chi connectivity index (χ3v) is 7.91. The Morgan fingerprint density at radius 1 is 0.229 bits per heavy atom. The highest BCUT2D eigenvalue weighted by Crippen LogP contribution is 2.15. The van der Waals surface area contributed by atoms with Crippen molar-refractivity contribution < 1.29 is 0 Å². The van der Waals surface area contributed by atoms with Crippen LogP contribution in [0.3, 0.4) is 0 Å². The summed E-state index contributed by atoms with van der Waals surface area (Å²) < 4.78 is 0. The Kier molecular flexibility index (Phi) is 33.9. The topological polar surface area (TPSA) is 12.0 Å². The predicted molar refractivity (Wildman–Crippen MR) is 163 cm³/mol. The van der Waals surface area contributed by atoms with Gasteiger partial charge in [0.2, 0.25) is 0 Å². The highest BCUT2D eigenvalue weighted by atomic mass is 14.8. The zero-order valence-corrected chi connectivity index (χ0v) is 25.1. The van der Waals surface area contributed by atoms with E-state index in [9.17, 15) is 0 Å². The van der Waals surface area contributed by atoms with Crippen molar-refractivity contribution in [3.63, 3.8) is 0 Å². The molecular formula is C34H71N. The second-order valence-corrected chi connectivity index (χ2v) is 11.6. The third kappa shape index (κ3) is 34.0. The van der Waals surface area contributed by atoms with E-state index in [0.29, 0.717) is 0 Å². The molecule has 0 aliphatic carbocycles. The first kappa shape index (κ1) is 35.0. The van der Waals surface area contributed by atoms with E-state index in [1.807, 2.05) is 0 Å². The van der Waals surface area contributed by atoms with Gasteiger partial charge in [0.05, 0.1) is 0 Å². The van der Waals surface area contributed by atoms with Gasteiger partial charge < -0.3 is 5.32 Å². The van der Waals surface area contributed by atoms with Crippen molar-refractivity contribution in [1.82, 2.24) is 5.32 Å². The fraction of sp³-hybridized carbons (Fsp3) is 1.00. The standard InChI is InChI=1S/C34H71N/c1-3-5-7-9-11-13-15-16-17-18-19-20-21-22-23-24-26-28-30-32-34-35-33-31-29-27-25-14-12-10-8-6-4-2/h35H,3-34H2,1-2H3. The summed E-state index contributed by atoms with van der Waals surface area (Å²) in [7, 11) is 0. The van der Waals surface area contributed by atoms with Crippen molar-refractivity contribution in [2.75, 3.05) is 13.1 Å². The van der Waals surface area contributed by atoms with E-state index in [1.54, 1.807) is 0 Å². The average Bonchev–Trinajstić information content (AvgIpc) is 2.87. The van der Waals surface area contributed by atoms with Crippen LogP contribution in [0.5, 0.6) is 0 Å².